The van der Waals surface area contributed by atoms with Crippen LogP contribution in [0.4, 0.5) is 0 Å². The first-order chi connectivity index (χ1) is 8.68. The first kappa shape index (κ1) is 12.6. The zero-order chi connectivity index (χ0) is 13.0. The lowest BCUT2D eigenvalue weighted by molar-refractivity contribution is -0.128. The molecule has 0 radical (unpaired) electrons. The minimum absolute atomic E-state index is 0.0565. The summed E-state index contributed by atoms with van der Waals surface area (Å²) in [5.41, 5.74) is 0.716. The molecule has 0 N–H and O–H groups in total. The summed E-state index contributed by atoms with van der Waals surface area (Å²) in [6.07, 6.45) is 0.845. The zero-order valence-corrected chi connectivity index (χ0v) is 10.6. The van der Waals surface area contributed by atoms with Gasteiger partial charge < -0.3 is 9.80 Å². The van der Waals surface area contributed by atoms with E-state index < -0.39 is 0 Å². The van der Waals surface area contributed by atoms with Crippen molar-refractivity contribution in [3.8, 4) is 0 Å². The number of hydrogen-bond donors (Lipinski definition) is 0. The number of carbonyl (C=O) groups excluding carboxylic acids is 2. The fourth-order valence-electron chi connectivity index (χ4n) is 2.20. The maximum atomic E-state index is 12.3. The molecule has 0 spiro atoms. The minimum Gasteiger partial charge on any atom is -0.341 e. The van der Waals surface area contributed by atoms with E-state index in [1.807, 2.05) is 35.2 Å². The molecule has 1 aliphatic heterocycles. The van der Waals surface area contributed by atoms with Crippen molar-refractivity contribution in [3.05, 3.63) is 35.9 Å². The Kier molecular flexibility index (Phi) is 3.97. The molecule has 0 bridgehead atoms. The second-order valence-electron chi connectivity index (χ2n) is 4.52. The van der Waals surface area contributed by atoms with Crippen molar-refractivity contribution in [1.29, 1.82) is 0 Å². The fraction of sp³-hybridized carbons (Fsp3) is 0.429. The number of amides is 2. The molecule has 2 amide bonds. The molecule has 1 aromatic rings. The van der Waals surface area contributed by atoms with Crippen LogP contribution in [-0.4, -0.2) is 47.8 Å². The molecule has 2 rings (SSSR count). The van der Waals surface area contributed by atoms with Gasteiger partial charge in [0.05, 0.1) is 0 Å². The molecule has 0 aliphatic carbocycles. The van der Waals surface area contributed by atoms with E-state index in [0.29, 0.717) is 18.7 Å². The van der Waals surface area contributed by atoms with Gasteiger partial charge in [-0.05, 0) is 18.6 Å². The van der Waals surface area contributed by atoms with E-state index in [1.165, 1.54) is 0 Å². The summed E-state index contributed by atoms with van der Waals surface area (Å²) in [6.45, 7) is 4.29. The quantitative estimate of drug-likeness (QED) is 0.751. The van der Waals surface area contributed by atoms with Gasteiger partial charge in [0.2, 0.25) is 5.91 Å². The molecular formula is C14H18N2O2. The topological polar surface area (TPSA) is 40.6 Å². The molecule has 1 aliphatic rings. The predicted octanol–water partition coefficient (Wildman–Crippen LogP) is 1.38. The highest BCUT2D eigenvalue weighted by Gasteiger charge is 2.20. The second kappa shape index (κ2) is 5.67. The summed E-state index contributed by atoms with van der Waals surface area (Å²) in [7, 11) is 0. The maximum Gasteiger partial charge on any atom is 0.253 e. The van der Waals surface area contributed by atoms with Crippen LogP contribution in [0.5, 0.6) is 0 Å². The van der Waals surface area contributed by atoms with Gasteiger partial charge in [0.25, 0.3) is 5.91 Å². The van der Waals surface area contributed by atoms with Crippen LogP contribution in [0.25, 0.3) is 0 Å². The van der Waals surface area contributed by atoms with Crippen LogP contribution in [0.15, 0.2) is 30.3 Å². The molecular weight excluding hydrogens is 228 g/mol. The van der Waals surface area contributed by atoms with Crippen molar-refractivity contribution < 1.29 is 9.59 Å². The molecule has 0 saturated carbocycles. The molecule has 1 fully saturated rings. The van der Waals surface area contributed by atoms with E-state index in [2.05, 4.69) is 0 Å². The van der Waals surface area contributed by atoms with Gasteiger partial charge in [0, 0.05) is 38.7 Å². The SMILES string of the molecule is CC(=O)N1CCCN(C(=O)c2ccccc2)CC1. The molecule has 18 heavy (non-hydrogen) atoms. The Labute approximate surface area is 107 Å². The number of benzene rings is 1. The first-order valence-corrected chi connectivity index (χ1v) is 6.28. The van der Waals surface area contributed by atoms with Gasteiger partial charge in [-0.1, -0.05) is 18.2 Å². The largest absolute Gasteiger partial charge is 0.341 e. The highest BCUT2D eigenvalue weighted by atomic mass is 16.2. The lowest BCUT2D eigenvalue weighted by atomic mass is 10.2. The van der Waals surface area contributed by atoms with E-state index in [0.717, 1.165) is 19.5 Å². The van der Waals surface area contributed by atoms with Gasteiger partial charge in [-0.3, -0.25) is 9.59 Å². The van der Waals surface area contributed by atoms with Crippen molar-refractivity contribution >= 4 is 11.8 Å². The molecule has 96 valence electrons. The summed E-state index contributed by atoms with van der Waals surface area (Å²) in [4.78, 5) is 27.2. The Morgan fingerprint density at radius 3 is 2.22 bits per heavy atom. The molecule has 1 saturated heterocycles. The average Bonchev–Trinajstić information content (AvgIpc) is 2.64. The average molecular weight is 246 g/mol. The van der Waals surface area contributed by atoms with Crippen molar-refractivity contribution in [2.75, 3.05) is 26.2 Å². The Hall–Kier alpha value is -1.84. The molecule has 4 heteroatoms. The van der Waals surface area contributed by atoms with Gasteiger partial charge in [-0.15, -0.1) is 0 Å². The first-order valence-electron chi connectivity index (χ1n) is 6.28. The Morgan fingerprint density at radius 2 is 1.56 bits per heavy atom. The highest BCUT2D eigenvalue weighted by Crippen LogP contribution is 2.09. The Morgan fingerprint density at radius 1 is 0.944 bits per heavy atom. The number of nitrogens with zero attached hydrogens (tertiary/aromatic N) is 2. The predicted molar refractivity (Wildman–Crippen MR) is 69.2 cm³/mol. The van der Waals surface area contributed by atoms with Gasteiger partial charge in [-0.25, -0.2) is 0 Å². The van der Waals surface area contributed by atoms with Crippen LogP contribution in [0, 0.1) is 0 Å². The van der Waals surface area contributed by atoms with Gasteiger partial charge in [0.15, 0.2) is 0 Å². The smallest absolute Gasteiger partial charge is 0.253 e. The van der Waals surface area contributed by atoms with Crippen LogP contribution in [0.2, 0.25) is 0 Å². The van der Waals surface area contributed by atoms with Crippen molar-refractivity contribution in [2.45, 2.75) is 13.3 Å². The maximum absolute atomic E-state index is 12.3. The lowest BCUT2D eigenvalue weighted by Gasteiger charge is -2.21. The van der Waals surface area contributed by atoms with E-state index in [1.54, 1.807) is 11.8 Å². The van der Waals surface area contributed by atoms with Crippen LogP contribution >= 0.6 is 0 Å². The van der Waals surface area contributed by atoms with E-state index in [4.69, 9.17) is 0 Å². The molecule has 4 nitrogen and oxygen atoms in total. The highest BCUT2D eigenvalue weighted by molar-refractivity contribution is 5.94. The number of hydrogen-bond acceptors (Lipinski definition) is 2. The second-order valence-corrected chi connectivity index (χ2v) is 4.52. The van der Waals surface area contributed by atoms with E-state index in [9.17, 15) is 9.59 Å². The summed E-state index contributed by atoms with van der Waals surface area (Å²) in [5, 5.41) is 0. The van der Waals surface area contributed by atoms with Crippen LogP contribution < -0.4 is 0 Å². The number of rotatable bonds is 1. The Bertz CT molecular complexity index is 431. The molecule has 0 atom stereocenters. The third kappa shape index (κ3) is 2.88. The summed E-state index contributed by atoms with van der Waals surface area (Å²) in [5.74, 6) is 0.144. The van der Waals surface area contributed by atoms with Crippen LogP contribution in [0.1, 0.15) is 23.7 Å². The molecule has 0 aromatic heterocycles. The normalized spacial score (nSPS) is 16.3. The zero-order valence-electron chi connectivity index (χ0n) is 10.6. The minimum atomic E-state index is 0.0565. The lowest BCUT2D eigenvalue weighted by Crippen LogP contribution is -2.36. The van der Waals surface area contributed by atoms with Crippen molar-refractivity contribution in [1.82, 2.24) is 9.80 Å². The standard InChI is InChI=1S/C14H18N2O2/c1-12(17)15-8-5-9-16(11-10-15)14(18)13-6-3-2-4-7-13/h2-4,6-7H,5,8-11H2,1H3. The third-order valence-corrected chi connectivity index (χ3v) is 3.25. The van der Waals surface area contributed by atoms with Crippen LogP contribution in [0.3, 0.4) is 0 Å². The molecule has 0 unspecified atom stereocenters. The molecule has 1 aromatic carbocycles. The summed E-state index contributed by atoms with van der Waals surface area (Å²) < 4.78 is 0. The summed E-state index contributed by atoms with van der Waals surface area (Å²) >= 11 is 0. The summed E-state index contributed by atoms with van der Waals surface area (Å²) in [6, 6.07) is 9.29. The third-order valence-electron chi connectivity index (χ3n) is 3.25. The Balaban J connectivity index is 2.02. The monoisotopic (exact) mass is 246 g/mol. The fourth-order valence-corrected chi connectivity index (χ4v) is 2.20. The molecule has 1 heterocycles. The van der Waals surface area contributed by atoms with Crippen molar-refractivity contribution in [2.24, 2.45) is 0 Å². The van der Waals surface area contributed by atoms with Gasteiger partial charge >= 0.3 is 0 Å². The van der Waals surface area contributed by atoms with Gasteiger partial charge in [0.1, 0.15) is 0 Å². The van der Waals surface area contributed by atoms with Crippen molar-refractivity contribution in [3.63, 3.8) is 0 Å². The van der Waals surface area contributed by atoms with E-state index >= 15 is 0 Å². The van der Waals surface area contributed by atoms with Crippen LogP contribution in [-0.2, 0) is 4.79 Å². The van der Waals surface area contributed by atoms with Gasteiger partial charge in [-0.2, -0.15) is 0 Å². The number of carbonyl (C=O) groups is 2. The van der Waals surface area contributed by atoms with E-state index in [-0.39, 0.29) is 11.8 Å².